The van der Waals surface area contributed by atoms with Gasteiger partial charge in [0.15, 0.2) is 0 Å². The van der Waals surface area contributed by atoms with Gasteiger partial charge < -0.3 is 5.73 Å². The fraction of sp³-hybridized carbons (Fsp3) is 0.500. The summed E-state index contributed by atoms with van der Waals surface area (Å²) in [6, 6.07) is 9.11. The first-order valence-corrected chi connectivity index (χ1v) is 7.93. The minimum Gasteiger partial charge on any atom is -0.327 e. The van der Waals surface area contributed by atoms with Crippen molar-refractivity contribution in [2.75, 3.05) is 0 Å². The van der Waals surface area contributed by atoms with Gasteiger partial charge in [-0.3, -0.25) is 0 Å². The van der Waals surface area contributed by atoms with Crippen LogP contribution < -0.4 is 5.73 Å². The van der Waals surface area contributed by atoms with Gasteiger partial charge in [-0.25, -0.2) is 0 Å². The SMILES string of the molecule is NC(CCc1csc2ccccc12)C1CCCC1. The monoisotopic (exact) mass is 259 g/mol. The molecule has 1 aromatic heterocycles. The van der Waals surface area contributed by atoms with E-state index in [2.05, 4.69) is 29.6 Å². The number of benzene rings is 1. The molecule has 1 unspecified atom stereocenters. The van der Waals surface area contributed by atoms with Crippen molar-refractivity contribution in [1.29, 1.82) is 0 Å². The van der Waals surface area contributed by atoms with E-state index in [1.807, 2.05) is 11.3 Å². The molecule has 0 radical (unpaired) electrons. The lowest BCUT2D eigenvalue weighted by molar-refractivity contribution is 0.410. The average molecular weight is 259 g/mol. The molecule has 0 bridgehead atoms. The van der Waals surface area contributed by atoms with E-state index in [4.69, 9.17) is 5.73 Å². The van der Waals surface area contributed by atoms with Gasteiger partial charge in [0.2, 0.25) is 0 Å². The van der Waals surface area contributed by atoms with Crippen molar-refractivity contribution >= 4 is 21.4 Å². The summed E-state index contributed by atoms with van der Waals surface area (Å²) >= 11 is 1.86. The van der Waals surface area contributed by atoms with E-state index >= 15 is 0 Å². The Labute approximate surface area is 113 Å². The molecular weight excluding hydrogens is 238 g/mol. The number of hydrogen-bond acceptors (Lipinski definition) is 2. The van der Waals surface area contributed by atoms with Gasteiger partial charge in [0, 0.05) is 10.7 Å². The van der Waals surface area contributed by atoms with Crippen molar-refractivity contribution in [2.45, 2.75) is 44.6 Å². The predicted octanol–water partition coefficient (Wildman–Crippen LogP) is 4.35. The molecule has 1 nitrogen and oxygen atoms in total. The summed E-state index contributed by atoms with van der Waals surface area (Å²) in [5, 5.41) is 3.74. The van der Waals surface area contributed by atoms with E-state index in [0.717, 1.165) is 18.8 Å². The van der Waals surface area contributed by atoms with Gasteiger partial charge in [0.1, 0.15) is 0 Å². The summed E-state index contributed by atoms with van der Waals surface area (Å²) in [6.45, 7) is 0. The molecule has 1 heterocycles. The van der Waals surface area contributed by atoms with Crippen LogP contribution in [-0.2, 0) is 6.42 Å². The third-order valence-electron chi connectivity index (χ3n) is 4.31. The Hall–Kier alpha value is -0.860. The molecule has 1 fully saturated rings. The van der Waals surface area contributed by atoms with Crippen LogP contribution in [0.3, 0.4) is 0 Å². The molecule has 0 spiro atoms. The van der Waals surface area contributed by atoms with Crippen LogP contribution in [0.1, 0.15) is 37.7 Å². The molecule has 0 amide bonds. The van der Waals surface area contributed by atoms with Crippen LogP contribution in [0.25, 0.3) is 10.1 Å². The third-order valence-corrected chi connectivity index (χ3v) is 5.33. The molecule has 1 saturated carbocycles. The molecular formula is C16H21NS. The molecule has 96 valence electrons. The molecule has 1 aliphatic rings. The molecule has 18 heavy (non-hydrogen) atoms. The third kappa shape index (κ3) is 2.45. The zero-order valence-corrected chi connectivity index (χ0v) is 11.6. The zero-order valence-electron chi connectivity index (χ0n) is 10.8. The lowest BCUT2D eigenvalue weighted by atomic mass is 9.93. The maximum atomic E-state index is 6.34. The quantitative estimate of drug-likeness (QED) is 0.868. The van der Waals surface area contributed by atoms with Crippen LogP contribution in [-0.4, -0.2) is 6.04 Å². The molecule has 3 rings (SSSR count). The Morgan fingerprint density at radius 1 is 1.22 bits per heavy atom. The highest BCUT2D eigenvalue weighted by Gasteiger charge is 2.21. The van der Waals surface area contributed by atoms with Gasteiger partial charge in [-0.15, -0.1) is 11.3 Å². The Morgan fingerprint density at radius 3 is 2.83 bits per heavy atom. The van der Waals surface area contributed by atoms with E-state index in [-0.39, 0.29) is 0 Å². The van der Waals surface area contributed by atoms with Gasteiger partial charge in [0.25, 0.3) is 0 Å². The van der Waals surface area contributed by atoms with Crippen molar-refractivity contribution in [1.82, 2.24) is 0 Å². The molecule has 0 saturated heterocycles. The van der Waals surface area contributed by atoms with Gasteiger partial charge in [-0.1, -0.05) is 31.0 Å². The second-order valence-electron chi connectivity index (χ2n) is 5.50. The van der Waals surface area contributed by atoms with Crippen molar-refractivity contribution in [3.63, 3.8) is 0 Å². The van der Waals surface area contributed by atoms with Crippen molar-refractivity contribution in [3.05, 3.63) is 35.2 Å². The fourth-order valence-corrected chi connectivity index (χ4v) is 4.17. The summed E-state index contributed by atoms with van der Waals surface area (Å²) in [5.41, 5.74) is 7.83. The van der Waals surface area contributed by atoms with Crippen molar-refractivity contribution in [2.24, 2.45) is 11.7 Å². The van der Waals surface area contributed by atoms with Crippen LogP contribution in [0.4, 0.5) is 0 Å². The number of nitrogens with two attached hydrogens (primary N) is 1. The fourth-order valence-electron chi connectivity index (χ4n) is 3.17. The van der Waals surface area contributed by atoms with Gasteiger partial charge in [-0.05, 0) is 54.0 Å². The van der Waals surface area contributed by atoms with Gasteiger partial charge >= 0.3 is 0 Å². The van der Waals surface area contributed by atoms with Crippen molar-refractivity contribution < 1.29 is 0 Å². The van der Waals surface area contributed by atoms with Crippen LogP contribution in [0, 0.1) is 5.92 Å². The van der Waals surface area contributed by atoms with E-state index in [1.54, 1.807) is 0 Å². The highest BCUT2D eigenvalue weighted by atomic mass is 32.1. The molecule has 1 atom stereocenters. The minimum absolute atomic E-state index is 0.408. The second kappa shape index (κ2) is 5.41. The molecule has 0 aliphatic heterocycles. The highest BCUT2D eigenvalue weighted by molar-refractivity contribution is 7.17. The topological polar surface area (TPSA) is 26.0 Å². The summed E-state index contributed by atoms with van der Waals surface area (Å²) < 4.78 is 1.40. The van der Waals surface area contributed by atoms with E-state index in [0.29, 0.717) is 6.04 Å². The van der Waals surface area contributed by atoms with E-state index < -0.39 is 0 Å². The number of aryl methyl sites for hydroxylation is 1. The largest absolute Gasteiger partial charge is 0.327 e. The van der Waals surface area contributed by atoms with Crippen LogP contribution in [0.5, 0.6) is 0 Å². The second-order valence-corrected chi connectivity index (χ2v) is 6.42. The number of rotatable bonds is 4. The number of hydrogen-bond donors (Lipinski definition) is 1. The normalized spacial score (nSPS) is 18.5. The summed E-state index contributed by atoms with van der Waals surface area (Å²) in [6.07, 6.45) is 7.77. The van der Waals surface area contributed by atoms with E-state index in [9.17, 15) is 0 Å². The lowest BCUT2D eigenvalue weighted by Crippen LogP contribution is -2.28. The Bertz CT molecular complexity index is 511. The van der Waals surface area contributed by atoms with E-state index in [1.165, 1.54) is 41.3 Å². The lowest BCUT2D eigenvalue weighted by Gasteiger charge is -2.18. The van der Waals surface area contributed by atoms with Gasteiger partial charge in [-0.2, -0.15) is 0 Å². The Kier molecular flexibility index (Phi) is 3.67. The zero-order chi connectivity index (χ0) is 12.4. The maximum Gasteiger partial charge on any atom is 0.0345 e. The molecule has 1 aromatic carbocycles. The Morgan fingerprint density at radius 2 is 2.00 bits per heavy atom. The van der Waals surface area contributed by atoms with Crippen LogP contribution >= 0.6 is 11.3 Å². The first kappa shape index (κ1) is 12.2. The molecule has 2 aromatic rings. The first-order valence-electron chi connectivity index (χ1n) is 7.05. The maximum absolute atomic E-state index is 6.34. The van der Waals surface area contributed by atoms with Crippen LogP contribution in [0.15, 0.2) is 29.6 Å². The average Bonchev–Trinajstić information content (AvgIpc) is 3.06. The standard InChI is InChI=1S/C16H21NS/c17-15(12-5-1-2-6-12)10-9-13-11-18-16-8-4-3-7-14(13)16/h3-4,7-8,11-12,15H,1-2,5-6,9-10,17H2. The molecule has 1 aliphatic carbocycles. The van der Waals surface area contributed by atoms with Crippen molar-refractivity contribution in [3.8, 4) is 0 Å². The Balaban J connectivity index is 1.65. The van der Waals surface area contributed by atoms with Gasteiger partial charge in [0.05, 0.1) is 0 Å². The smallest absolute Gasteiger partial charge is 0.0345 e. The summed E-state index contributed by atoms with van der Waals surface area (Å²) in [5.74, 6) is 0.787. The summed E-state index contributed by atoms with van der Waals surface area (Å²) in [4.78, 5) is 0. The predicted molar refractivity (Wildman–Crippen MR) is 80.1 cm³/mol. The number of thiophene rings is 1. The summed E-state index contributed by atoms with van der Waals surface area (Å²) in [7, 11) is 0. The highest BCUT2D eigenvalue weighted by Crippen LogP contribution is 2.30. The molecule has 2 N–H and O–H groups in total. The number of fused-ring (bicyclic) bond motifs is 1. The minimum atomic E-state index is 0.408. The first-order chi connectivity index (χ1) is 8.84. The molecule has 2 heteroatoms. The van der Waals surface area contributed by atoms with Crippen LogP contribution in [0.2, 0.25) is 0 Å².